The summed E-state index contributed by atoms with van der Waals surface area (Å²) in [5, 5.41) is 20.3. The number of carbonyl (C=O) groups excluding carboxylic acids is 1. The minimum absolute atomic E-state index is 0.0224. The first kappa shape index (κ1) is 15.2. The zero-order chi connectivity index (χ0) is 16.1. The van der Waals surface area contributed by atoms with Gasteiger partial charge in [0.25, 0.3) is 5.69 Å². The molecule has 0 unspecified atom stereocenters. The van der Waals surface area contributed by atoms with Crippen molar-refractivity contribution in [1.82, 2.24) is 0 Å². The Balaban J connectivity index is 2.23. The van der Waals surface area contributed by atoms with E-state index in [4.69, 9.17) is 4.74 Å². The number of phenolic OH excluding ortho intramolecular Hbond substituents is 1. The van der Waals surface area contributed by atoms with Crippen LogP contribution in [0.4, 0.5) is 5.69 Å². The first-order chi connectivity index (χ1) is 10.5. The molecule has 2 aromatic carbocycles. The first-order valence-electron chi connectivity index (χ1n) is 6.35. The molecule has 0 radical (unpaired) electrons. The van der Waals surface area contributed by atoms with Gasteiger partial charge >= 0.3 is 0 Å². The van der Waals surface area contributed by atoms with Crippen LogP contribution in [0.25, 0.3) is 6.08 Å². The molecule has 0 amide bonds. The maximum absolute atomic E-state index is 12.2. The Morgan fingerprint density at radius 3 is 2.50 bits per heavy atom. The van der Waals surface area contributed by atoms with E-state index in [9.17, 15) is 20.0 Å². The van der Waals surface area contributed by atoms with Gasteiger partial charge in [0.15, 0.2) is 5.78 Å². The molecule has 0 aliphatic rings. The predicted molar refractivity (Wildman–Crippen MR) is 81.1 cm³/mol. The topological polar surface area (TPSA) is 89.7 Å². The van der Waals surface area contributed by atoms with Crippen molar-refractivity contribution in [2.75, 3.05) is 7.11 Å². The number of ketones is 1. The van der Waals surface area contributed by atoms with Crippen LogP contribution in [-0.2, 0) is 0 Å². The van der Waals surface area contributed by atoms with Gasteiger partial charge in [-0.05, 0) is 35.9 Å². The molecule has 0 heterocycles. The second-order valence-electron chi connectivity index (χ2n) is 4.40. The highest BCUT2D eigenvalue weighted by Gasteiger charge is 2.14. The maximum Gasteiger partial charge on any atom is 0.269 e. The van der Waals surface area contributed by atoms with Crippen LogP contribution in [0.5, 0.6) is 11.5 Å². The van der Waals surface area contributed by atoms with E-state index in [1.807, 2.05) is 0 Å². The van der Waals surface area contributed by atoms with Crippen LogP contribution in [0, 0.1) is 10.1 Å². The van der Waals surface area contributed by atoms with Gasteiger partial charge in [-0.25, -0.2) is 0 Å². The lowest BCUT2D eigenvalue weighted by Crippen LogP contribution is -1.99. The molecule has 0 saturated heterocycles. The molecule has 6 heteroatoms. The molecule has 0 aromatic heterocycles. The van der Waals surface area contributed by atoms with Crippen molar-refractivity contribution >= 4 is 17.5 Å². The van der Waals surface area contributed by atoms with Crippen molar-refractivity contribution < 1.29 is 19.6 Å². The summed E-state index contributed by atoms with van der Waals surface area (Å²) in [6.07, 6.45) is 2.79. The fraction of sp³-hybridized carbons (Fsp3) is 0.0625. The van der Waals surface area contributed by atoms with Crippen LogP contribution in [0.1, 0.15) is 15.9 Å². The SMILES string of the molecule is COc1cccc(O)c1C(=O)C=Cc1ccc([N+](=O)[O-])cc1. The third kappa shape index (κ3) is 3.29. The Labute approximate surface area is 126 Å². The number of nitrogens with zero attached hydrogens (tertiary/aromatic N) is 1. The molecule has 0 bridgehead atoms. The molecule has 22 heavy (non-hydrogen) atoms. The van der Waals surface area contributed by atoms with Gasteiger partial charge in [-0.3, -0.25) is 14.9 Å². The van der Waals surface area contributed by atoms with Gasteiger partial charge < -0.3 is 9.84 Å². The lowest BCUT2D eigenvalue weighted by atomic mass is 10.1. The van der Waals surface area contributed by atoms with Crippen molar-refractivity contribution in [2.45, 2.75) is 0 Å². The Kier molecular flexibility index (Phi) is 4.53. The molecule has 0 aliphatic carbocycles. The summed E-state index contributed by atoms with van der Waals surface area (Å²) in [4.78, 5) is 22.2. The van der Waals surface area contributed by atoms with Crippen molar-refractivity contribution in [1.29, 1.82) is 0 Å². The van der Waals surface area contributed by atoms with Gasteiger partial charge in [0.2, 0.25) is 0 Å². The molecule has 112 valence electrons. The standard InChI is InChI=1S/C16H13NO5/c1-22-15-4-2-3-13(18)16(15)14(19)10-7-11-5-8-12(9-6-11)17(20)21/h2-10,18H,1H3. The van der Waals surface area contributed by atoms with Crippen LogP contribution in [0.2, 0.25) is 0 Å². The fourth-order valence-corrected chi connectivity index (χ4v) is 1.90. The normalized spacial score (nSPS) is 10.6. The van der Waals surface area contributed by atoms with Gasteiger partial charge in [0.05, 0.1) is 12.0 Å². The van der Waals surface area contributed by atoms with Crippen molar-refractivity contribution in [3.05, 3.63) is 69.8 Å². The number of methoxy groups -OCH3 is 1. The molecule has 2 aromatic rings. The van der Waals surface area contributed by atoms with Crippen LogP contribution >= 0.6 is 0 Å². The highest BCUT2D eigenvalue weighted by Crippen LogP contribution is 2.28. The van der Waals surface area contributed by atoms with Gasteiger partial charge in [-0.1, -0.05) is 12.1 Å². The molecule has 6 nitrogen and oxygen atoms in total. The molecule has 0 saturated carbocycles. The highest BCUT2D eigenvalue weighted by molar-refractivity contribution is 6.10. The van der Waals surface area contributed by atoms with Crippen LogP contribution in [0.3, 0.4) is 0 Å². The average molecular weight is 299 g/mol. The van der Waals surface area contributed by atoms with Crippen LogP contribution < -0.4 is 4.74 Å². The summed E-state index contributed by atoms with van der Waals surface area (Å²) in [6, 6.07) is 10.3. The third-order valence-corrected chi connectivity index (χ3v) is 3.00. The summed E-state index contributed by atoms with van der Waals surface area (Å²) in [5.41, 5.74) is 0.683. The summed E-state index contributed by atoms with van der Waals surface area (Å²) in [7, 11) is 1.41. The molecule has 2 rings (SSSR count). The van der Waals surface area contributed by atoms with Gasteiger partial charge in [0.1, 0.15) is 17.1 Å². The Bertz CT molecular complexity index is 735. The van der Waals surface area contributed by atoms with Crippen molar-refractivity contribution in [2.24, 2.45) is 0 Å². The Morgan fingerprint density at radius 1 is 1.23 bits per heavy atom. The number of rotatable bonds is 5. The van der Waals surface area contributed by atoms with Crippen molar-refractivity contribution in [3.8, 4) is 11.5 Å². The zero-order valence-corrected chi connectivity index (χ0v) is 11.7. The van der Waals surface area contributed by atoms with Gasteiger partial charge in [-0.2, -0.15) is 0 Å². The smallest absolute Gasteiger partial charge is 0.269 e. The molecule has 0 atom stereocenters. The maximum atomic E-state index is 12.2. The minimum Gasteiger partial charge on any atom is -0.507 e. The summed E-state index contributed by atoms with van der Waals surface area (Å²) in [5.74, 6) is -0.315. The van der Waals surface area contributed by atoms with E-state index < -0.39 is 10.7 Å². The number of hydrogen-bond donors (Lipinski definition) is 1. The number of hydrogen-bond acceptors (Lipinski definition) is 5. The quantitative estimate of drug-likeness (QED) is 0.396. The first-order valence-corrected chi connectivity index (χ1v) is 6.35. The fourth-order valence-electron chi connectivity index (χ4n) is 1.90. The van der Waals surface area contributed by atoms with E-state index in [2.05, 4.69) is 0 Å². The summed E-state index contributed by atoms with van der Waals surface area (Å²) in [6.45, 7) is 0. The predicted octanol–water partition coefficient (Wildman–Crippen LogP) is 3.21. The second-order valence-corrected chi connectivity index (χ2v) is 4.40. The van der Waals surface area contributed by atoms with E-state index in [1.165, 1.54) is 49.6 Å². The van der Waals surface area contributed by atoms with E-state index in [-0.39, 0.29) is 22.7 Å². The summed E-state index contributed by atoms with van der Waals surface area (Å²) >= 11 is 0. The van der Waals surface area contributed by atoms with E-state index in [0.717, 1.165) is 0 Å². The average Bonchev–Trinajstić information content (AvgIpc) is 2.52. The zero-order valence-electron chi connectivity index (χ0n) is 11.7. The number of ether oxygens (including phenoxy) is 1. The number of carbonyl (C=O) groups is 1. The van der Waals surface area contributed by atoms with Crippen LogP contribution in [0.15, 0.2) is 48.5 Å². The minimum atomic E-state index is -0.495. The molecular weight excluding hydrogens is 286 g/mol. The second kappa shape index (κ2) is 6.53. The van der Waals surface area contributed by atoms with E-state index >= 15 is 0 Å². The molecular formula is C16H13NO5. The van der Waals surface area contributed by atoms with Gasteiger partial charge in [0, 0.05) is 12.1 Å². The van der Waals surface area contributed by atoms with E-state index in [1.54, 1.807) is 12.1 Å². The number of benzene rings is 2. The van der Waals surface area contributed by atoms with E-state index in [0.29, 0.717) is 5.56 Å². The molecule has 0 aliphatic heterocycles. The summed E-state index contributed by atoms with van der Waals surface area (Å²) < 4.78 is 5.05. The molecule has 1 N–H and O–H groups in total. The van der Waals surface area contributed by atoms with Crippen molar-refractivity contribution in [3.63, 3.8) is 0 Å². The molecule has 0 spiro atoms. The lowest BCUT2D eigenvalue weighted by Gasteiger charge is -2.07. The Hall–Kier alpha value is -3.15. The lowest BCUT2D eigenvalue weighted by molar-refractivity contribution is -0.384. The molecule has 0 fully saturated rings. The monoisotopic (exact) mass is 299 g/mol. The third-order valence-electron chi connectivity index (χ3n) is 3.00. The number of aromatic hydroxyl groups is 1. The Morgan fingerprint density at radius 2 is 1.91 bits per heavy atom. The van der Waals surface area contributed by atoms with Crippen LogP contribution in [-0.4, -0.2) is 22.9 Å². The number of allylic oxidation sites excluding steroid dienone is 1. The number of phenols is 1. The highest BCUT2D eigenvalue weighted by atomic mass is 16.6. The largest absolute Gasteiger partial charge is 0.507 e. The van der Waals surface area contributed by atoms with Gasteiger partial charge in [-0.15, -0.1) is 0 Å². The number of nitro groups is 1. The number of nitro benzene ring substituents is 1. The number of non-ortho nitro benzene ring substituents is 1.